The topological polar surface area (TPSA) is 165 Å². The largest absolute Gasteiger partial charge is 0.497 e. The zero-order chi connectivity index (χ0) is 24.1. The van der Waals surface area contributed by atoms with Gasteiger partial charge in [-0.2, -0.15) is 9.78 Å². The second-order valence-electron chi connectivity index (χ2n) is 6.71. The van der Waals surface area contributed by atoms with Gasteiger partial charge in [-0.05, 0) is 34.6 Å². The first-order valence-corrected chi connectivity index (χ1v) is 9.79. The number of hydrogen-bond donors (Lipinski definition) is 2. The molecule has 0 aliphatic heterocycles. The molecular formula is C21H20N8O5. The zero-order valence-corrected chi connectivity index (χ0v) is 18.4. The minimum atomic E-state index is -0.622. The van der Waals surface area contributed by atoms with E-state index in [0.29, 0.717) is 28.4 Å². The maximum atomic E-state index is 13.0. The lowest BCUT2D eigenvalue weighted by atomic mass is 10.1. The smallest absolute Gasteiger partial charge is 0.294 e. The number of hydrogen-bond acceptors (Lipinski definition) is 11. The molecule has 34 heavy (non-hydrogen) atoms. The summed E-state index contributed by atoms with van der Waals surface area (Å²) in [6.45, 7) is 0. The number of aromatic nitrogens is 5. The van der Waals surface area contributed by atoms with Gasteiger partial charge < -0.3 is 19.9 Å². The molecule has 0 unspecified atom stereocenters. The number of nitrogens with one attached hydrogen (secondary N) is 1. The molecule has 13 nitrogen and oxygen atoms in total. The fourth-order valence-corrected chi connectivity index (χ4v) is 3.09. The van der Waals surface area contributed by atoms with E-state index in [4.69, 9.17) is 19.9 Å². The first kappa shape index (κ1) is 22.3. The van der Waals surface area contributed by atoms with Crippen molar-refractivity contribution in [2.24, 2.45) is 5.10 Å². The van der Waals surface area contributed by atoms with Crippen molar-refractivity contribution in [3.05, 3.63) is 53.7 Å². The van der Waals surface area contributed by atoms with Gasteiger partial charge in [0.25, 0.3) is 5.91 Å². The van der Waals surface area contributed by atoms with Crippen molar-refractivity contribution in [3.63, 3.8) is 0 Å². The number of methoxy groups -OCH3 is 3. The van der Waals surface area contributed by atoms with E-state index in [2.05, 4.69) is 35.8 Å². The van der Waals surface area contributed by atoms with Crippen LogP contribution in [0.15, 0.2) is 52.2 Å². The molecule has 0 atom stereocenters. The number of carbonyl (C=O) groups is 1. The monoisotopic (exact) mass is 464 g/mol. The molecule has 3 N–H and O–H groups in total. The quantitative estimate of drug-likeness (QED) is 0.289. The van der Waals surface area contributed by atoms with Gasteiger partial charge in [-0.1, -0.05) is 17.3 Å². The normalized spacial score (nSPS) is 10.9. The van der Waals surface area contributed by atoms with Crippen LogP contribution in [0.25, 0.3) is 17.1 Å². The molecule has 2 aromatic carbocycles. The van der Waals surface area contributed by atoms with Gasteiger partial charge in [0.2, 0.25) is 11.6 Å². The van der Waals surface area contributed by atoms with Gasteiger partial charge in [0.1, 0.15) is 22.9 Å². The summed E-state index contributed by atoms with van der Waals surface area (Å²) >= 11 is 0. The summed E-state index contributed by atoms with van der Waals surface area (Å²) in [4.78, 5) is 13.0. The molecule has 0 aliphatic carbocycles. The summed E-state index contributed by atoms with van der Waals surface area (Å²) in [6.07, 6.45) is 1.44. The maximum Gasteiger partial charge on any atom is 0.294 e. The van der Waals surface area contributed by atoms with Crippen molar-refractivity contribution in [1.29, 1.82) is 0 Å². The Labute approximate surface area is 193 Å². The molecule has 0 saturated carbocycles. The predicted octanol–water partition coefficient (Wildman–Crippen LogP) is 1.69. The molecule has 0 radical (unpaired) electrons. The minimum absolute atomic E-state index is 0.0226. The Bertz CT molecular complexity index is 1350. The molecule has 1 amide bonds. The summed E-state index contributed by atoms with van der Waals surface area (Å²) < 4.78 is 21.7. The van der Waals surface area contributed by atoms with Crippen molar-refractivity contribution >= 4 is 17.9 Å². The van der Waals surface area contributed by atoms with Crippen LogP contribution in [-0.2, 0) is 0 Å². The predicted molar refractivity (Wildman–Crippen MR) is 120 cm³/mol. The highest BCUT2D eigenvalue weighted by Crippen LogP contribution is 2.29. The Morgan fingerprint density at radius 2 is 1.88 bits per heavy atom. The number of amides is 1. The van der Waals surface area contributed by atoms with E-state index >= 15 is 0 Å². The van der Waals surface area contributed by atoms with Crippen molar-refractivity contribution in [1.82, 2.24) is 30.7 Å². The average Bonchev–Trinajstić information content (AvgIpc) is 3.50. The van der Waals surface area contributed by atoms with E-state index < -0.39 is 5.91 Å². The Morgan fingerprint density at radius 1 is 1.09 bits per heavy atom. The van der Waals surface area contributed by atoms with Crippen LogP contribution in [0.1, 0.15) is 16.1 Å². The molecule has 2 aromatic heterocycles. The van der Waals surface area contributed by atoms with Gasteiger partial charge in [0, 0.05) is 17.2 Å². The van der Waals surface area contributed by atoms with E-state index in [1.54, 1.807) is 49.6 Å². The number of hydrazone groups is 1. The van der Waals surface area contributed by atoms with Gasteiger partial charge >= 0.3 is 0 Å². The van der Waals surface area contributed by atoms with Gasteiger partial charge in [-0.15, -0.1) is 5.10 Å². The van der Waals surface area contributed by atoms with Crippen molar-refractivity contribution in [3.8, 4) is 34.3 Å². The Hall–Kier alpha value is -4.94. The molecule has 0 saturated heterocycles. The second kappa shape index (κ2) is 9.68. The highest BCUT2D eigenvalue weighted by molar-refractivity contribution is 5.99. The first-order valence-electron chi connectivity index (χ1n) is 9.79. The standard InChI is InChI=1S/C21H20N8O5/c1-31-14-6-4-5-12(9-14)18-17(24-28-29(18)20-19(22)26-34-27-20)21(30)25-23-11-13-7-8-15(32-2)10-16(13)33-3/h4-11H,1-3H3,(H2,22,26)(H,25,30)/b23-11+. The van der Waals surface area contributed by atoms with E-state index in [1.807, 2.05) is 0 Å². The molecule has 13 heteroatoms. The van der Waals surface area contributed by atoms with E-state index in [9.17, 15) is 4.79 Å². The summed E-state index contributed by atoms with van der Waals surface area (Å²) in [5.41, 5.74) is 9.72. The van der Waals surface area contributed by atoms with Crippen LogP contribution >= 0.6 is 0 Å². The summed E-state index contributed by atoms with van der Waals surface area (Å²) in [6, 6.07) is 12.2. The maximum absolute atomic E-state index is 13.0. The molecule has 4 aromatic rings. The minimum Gasteiger partial charge on any atom is -0.497 e. The van der Waals surface area contributed by atoms with Crippen LogP contribution in [0.5, 0.6) is 17.2 Å². The number of ether oxygens (including phenoxy) is 3. The van der Waals surface area contributed by atoms with Gasteiger partial charge in [-0.25, -0.2) is 10.1 Å². The number of nitrogen functional groups attached to an aromatic ring is 1. The second-order valence-corrected chi connectivity index (χ2v) is 6.71. The van der Waals surface area contributed by atoms with Crippen LogP contribution in [-0.4, -0.2) is 58.8 Å². The molecular weight excluding hydrogens is 444 g/mol. The van der Waals surface area contributed by atoms with E-state index in [-0.39, 0.29) is 23.0 Å². The van der Waals surface area contributed by atoms with Crippen LogP contribution in [0.2, 0.25) is 0 Å². The third-order valence-corrected chi connectivity index (χ3v) is 4.74. The highest BCUT2D eigenvalue weighted by Gasteiger charge is 2.25. The van der Waals surface area contributed by atoms with E-state index in [0.717, 1.165) is 0 Å². The summed E-state index contributed by atoms with van der Waals surface area (Å²) in [7, 11) is 4.61. The first-order chi connectivity index (χ1) is 16.5. The van der Waals surface area contributed by atoms with Crippen LogP contribution in [0.4, 0.5) is 5.82 Å². The fraction of sp³-hybridized carbons (Fsp3) is 0.143. The zero-order valence-electron chi connectivity index (χ0n) is 18.4. The number of anilines is 1. The lowest BCUT2D eigenvalue weighted by Gasteiger charge is -2.08. The van der Waals surface area contributed by atoms with Crippen LogP contribution in [0, 0.1) is 0 Å². The molecule has 2 heterocycles. The highest BCUT2D eigenvalue weighted by atomic mass is 16.6. The Balaban J connectivity index is 1.68. The molecule has 174 valence electrons. The average molecular weight is 464 g/mol. The summed E-state index contributed by atoms with van der Waals surface area (Å²) in [5.74, 6) is 1.14. The number of rotatable bonds is 8. The molecule has 0 aliphatic rings. The number of nitrogens with zero attached hydrogens (tertiary/aromatic N) is 6. The van der Waals surface area contributed by atoms with Crippen molar-refractivity contribution < 1.29 is 23.6 Å². The van der Waals surface area contributed by atoms with Crippen molar-refractivity contribution in [2.45, 2.75) is 0 Å². The molecule has 0 spiro atoms. The van der Waals surface area contributed by atoms with Gasteiger partial charge in [0.15, 0.2) is 5.69 Å². The SMILES string of the molecule is COc1cccc(-c2c(C(=O)N/N=C/c3ccc(OC)cc3OC)nnn2-c2nonc2N)c1. The summed E-state index contributed by atoms with van der Waals surface area (Å²) in [5, 5.41) is 19.4. The molecule has 0 fully saturated rings. The Morgan fingerprint density at radius 3 is 2.59 bits per heavy atom. The van der Waals surface area contributed by atoms with Crippen molar-refractivity contribution in [2.75, 3.05) is 27.1 Å². The fourth-order valence-electron chi connectivity index (χ4n) is 3.09. The number of benzene rings is 2. The number of carbonyl (C=O) groups excluding carboxylic acids is 1. The third-order valence-electron chi connectivity index (χ3n) is 4.74. The molecule has 4 rings (SSSR count). The van der Waals surface area contributed by atoms with Crippen LogP contribution < -0.4 is 25.4 Å². The lowest BCUT2D eigenvalue weighted by molar-refractivity contribution is 0.0950. The van der Waals surface area contributed by atoms with E-state index in [1.165, 1.54) is 25.1 Å². The lowest BCUT2D eigenvalue weighted by Crippen LogP contribution is -2.19. The van der Waals surface area contributed by atoms with Crippen LogP contribution in [0.3, 0.4) is 0 Å². The third kappa shape index (κ3) is 4.34. The Kier molecular flexibility index (Phi) is 6.34. The van der Waals surface area contributed by atoms with Gasteiger partial charge in [-0.3, -0.25) is 4.79 Å². The number of nitrogens with two attached hydrogens (primary N) is 1. The molecule has 0 bridgehead atoms. The van der Waals surface area contributed by atoms with Gasteiger partial charge in [0.05, 0.1) is 27.5 Å².